The minimum atomic E-state index is -0.0171. The number of benzene rings is 2. The van der Waals surface area contributed by atoms with Crippen molar-refractivity contribution in [3.63, 3.8) is 0 Å². The molecular formula is C22H27NO3. The molecule has 1 N–H and O–H groups in total. The minimum absolute atomic E-state index is 0.0171. The van der Waals surface area contributed by atoms with Crippen molar-refractivity contribution in [2.45, 2.75) is 52.2 Å². The molecule has 0 aliphatic heterocycles. The molecule has 0 atom stereocenters. The lowest BCUT2D eigenvalue weighted by Crippen LogP contribution is -2.32. The molecule has 1 aliphatic carbocycles. The van der Waals surface area contributed by atoms with Crippen LogP contribution in [0.2, 0.25) is 0 Å². The highest BCUT2D eigenvalue weighted by atomic mass is 16.5. The van der Waals surface area contributed by atoms with Gasteiger partial charge in [-0.25, -0.2) is 0 Å². The summed E-state index contributed by atoms with van der Waals surface area (Å²) >= 11 is 0. The quantitative estimate of drug-likeness (QED) is 0.788. The Morgan fingerprint density at radius 1 is 1.08 bits per heavy atom. The van der Waals surface area contributed by atoms with Crippen LogP contribution in [0.1, 0.15) is 54.1 Å². The first-order valence-electron chi connectivity index (χ1n) is 9.41. The van der Waals surface area contributed by atoms with Gasteiger partial charge in [0, 0.05) is 17.2 Å². The Labute approximate surface area is 155 Å². The molecule has 0 bridgehead atoms. The van der Waals surface area contributed by atoms with Gasteiger partial charge in [0.25, 0.3) is 5.91 Å². The fraction of sp³-hybridized carbons (Fsp3) is 0.409. The normalized spacial score (nSPS) is 14.2. The zero-order chi connectivity index (χ0) is 18.4. The lowest BCUT2D eigenvalue weighted by molar-refractivity contribution is 0.0937. The van der Waals surface area contributed by atoms with Crippen molar-refractivity contribution in [3.8, 4) is 11.5 Å². The second kappa shape index (κ2) is 8.75. The summed E-state index contributed by atoms with van der Waals surface area (Å²) in [6.45, 7) is 4.93. The first kappa shape index (κ1) is 18.3. The topological polar surface area (TPSA) is 47.6 Å². The maximum atomic E-state index is 12.5. The van der Waals surface area contributed by atoms with E-state index in [1.54, 1.807) is 0 Å². The van der Waals surface area contributed by atoms with Gasteiger partial charge in [-0.15, -0.1) is 0 Å². The Bertz CT molecular complexity index is 734. The molecule has 0 saturated heterocycles. The van der Waals surface area contributed by atoms with Gasteiger partial charge in [0.05, 0.1) is 6.61 Å². The number of amides is 1. The minimum Gasteiger partial charge on any atom is -0.493 e. The van der Waals surface area contributed by atoms with E-state index in [4.69, 9.17) is 9.47 Å². The highest BCUT2D eigenvalue weighted by Gasteiger charge is 2.19. The Balaban J connectivity index is 1.72. The highest BCUT2D eigenvalue weighted by Crippen LogP contribution is 2.24. The third-order valence-electron chi connectivity index (χ3n) is 4.73. The molecule has 138 valence electrons. The Morgan fingerprint density at radius 2 is 1.81 bits per heavy atom. The molecule has 0 radical (unpaired) electrons. The van der Waals surface area contributed by atoms with Gasteiger partial charge in [0.15, 0.2) is 0 Å². The fourth-order valence-corrected chi connectivity index (χ4v) is 3.26. The standard InChI is InChI=1S/C22H27NO3/c1-3-25-21-13-10-17(22(24)23-19-6-4-5-7-19)14-18(21)15-26-20-11-8-16(2)9-12-20/h8-14,19H,3-7,15H2,1-2H3,(H,23,24). The number of hydrogen-bond acceptors (Lipinski definition) is 3. The summed E-state index contributed by atoms with van der Waals surface area (Å²) in [5.41, 5.74) is 2.73. The molecule has 1 amide bonds. The number of hydrogen-bond donors (Lipinski definition) is 1. The highest BCUT2D eigenvalue weighted by molar-refractivity contribution is 5.94. The van der Waals surface area contributed by atoms with Crippen LogP contribution in [0.4, 0.5) is 0 Å². The maximum absolute atomic E-state index is 12.5. The van der Waals surface area contributed by atoms with Crippen LogP contribution in [0.5, 0.6) is 11.5 Å². The zero-order valence-corrected chi connectivity index (χ0v) is 15.6. The molecule has 0 spiro atoms. The van der Waals surface area contributed by atoms with Gasteiger partial charge < -0.3 is 14.8 Å². The van der Waals surface area contributed by atoms with E-state index in [0.717, 1.165) is 29.9 Å². The lowest BCUT2D eigenvalue weighted by Gasteiger charge is -2.15. The lowest BCUT2D eigenvalue weighted by atomic mass is 10.1. The number of nitrogens with one attached hydrogen (secondary N) is 1. The Hall–Kier alpha value is -2.49. The van der Waals surface area contributed by atoms with Crippen LogP contribution < -0.4 is 14.8 Å². The third kappa shape index (κ3) is 4.78. The van der Waals surface area contributed by atoms with Crippen molar-refractivity contribution < 1.29 is 14.3 Å². The van der Waals surface area contributed by atoms with Gasteiger partial charge in [0.1, 0.15) is 18.1 Å². The van der Waals surface area contributed by atoms with Crippen molar-refractivity contribution in [1.82, 2.24) is 5.32 Å². The summed E-state index contributed by atoms with van der Waals surface area (Å²) in [7, 11) is 0. The van der Waals surface area contributed by atoms with E-state index >= 15 is 0 Å². The molecule has 1 saturated carbocycles. The molecule has 4 nitrogen and oxygen atoms in total. The number of ether oxygens (including phenoxy) is 2. The van der Waals surface area contributed by atoms with Gasteiger partial charge in [-0.3, -0.25) is 4.79 Å². The van der Waals surface area contributed by atoms with Crippen molar-refractivity contribution in [3.05, 3.63) is 59.2 Å². The van der Waals surface area contributed by atoms with Crippen LogP contribution >= 0.6 is 0 Å². The van der Waals surface area contributed by atoms with Crippen LogP contribution in [-0.4, -0.2) is 18.6 Å². The van der Waals surface area contributed by atoms with Gasteiger partial charge in [-0.05, 0) is 57.0 Å². The third-order valence-corrected chi connectivity index (χ3v) is 4.73. The van der Waals surface area contributed by atoms with Gasteiger partial charge in [-0.1, -0.05) is 30.5 Å². The van der Waals surface area contributed by atoms with Gasteiger partial charge in [0.2, 0.25) is 0 Å². The fourth-order valence-electron chi connectivity index (χ4n) is 3.26. The molecule has 4 heteroatoms. The average Bonchev–Trinajstić information content (AvgIpc) is 3.15. The molecule has 0 aromatic heterocycles. The first-order valence-corrected chi connectivity index (χ1v) is 9.41. The Morgan fingerprint density at radius 3 is 2.50 bits per heavy atom. The number of aryl methyl sites for hydroxylation is 1. The van der Waals surface area contributed by atoms with E-state index in [9.17, 15) is 4.79 Å². The van der Waals surface area contributed by atoms with Gasteiger partial charge in [-0.2, -0.15) is 0 Å². The number of carbonyl (C=O) groups is 1. The molecule has 2 aromatic carbocycles. The molecular weight excluding hydrogens is 326 g/mol. The van der Waals surface area contributed by atoms with E-state index in [2.05, 4.69) is 5.32 Å². The molecule has 26 heavy (non-hydrogen) atoms. The molecule has 0 heterocycles. The predicted molar refractivity (Wildman–Crippen MR) is 103 cm³/mol. The summed E-state index contributed by atoms with van der Waals surface area (Å²) < 4.78 is 11.6. The zero-order valence-electron chi connectivity index (χ0n) is 15.6. The number of carbonyl (C=O) groups excluding carboxylic acids is 1. The van der Waals surface area contributed by atoms with E-state index < -0.39 is 0 Å². The molecule has 2 aromatic rings. The van der Waals surface area contributed by atoms with Crippen LogP contribution in [0.15, 0.2) is 42.5 Å². The van der Waals surface area contributed by atoms with E-state index in [0.29, 0.717) is 24.8 Å². The maximum Gasteiger partial charge on any atom is 0.251 e. The molecule has 1 fully saturated rings. The van der Waals surface area contributed by atoms with E-state index in [-0.39, 0.29) is 5.91 Å². The van der Waals surface area contributed by atoms with E-state index in [1.165, 1.54) is 18.4 Å². The second-order valence-electron chi connectivity index (χ2n) is 6.81. The van der Waals surface area contributed by atoms with E-state index in [1.807, 2.05) is 56.3 Å². The summed E-state index contributed by atoms with van der Waals surface area (Å²) in [5.74, 6) is 1.55. The number of rotatable bonds is 7. The smallest absolute Gasteiger partial charge is 0.251 e. The average molecular weight is 353 g/mol. The molecule has 1 aliphatic rings. The van der Waals surface area contributed by atoms with Crippen LogP contribution in [0, 0.1) is 6.92 Å². The molecule has 3 rings (SSSR count). The van der Waals surface area contributed by atoms with Crippen LogP contribution in [0.3, 0.4) is 0 Å². The summed E-state index contributed by atoms with van der Waals surface area (Å²) in [5, 5.41) is 3.13. The first-order chi connectivity index (χ1) is 12.7. The monoisotopic (exact) mass is 353 g/mol. The van der Waals surface area contributed by atoms with Crippen molar-refractivity contribution in [2.75, 3.05) is 6.61 Å². The van der Waals surface area contributed by atoms with Crippen molar-refractivity contribution in [1.29, 1.82) is 0 Å². The van der Waals surface area contributed by atoms with Gasteiger partial charge >= 0.3 is 0 Å². The summed E-state index contributed by atoms with van der Waals surface area (Å²) in [6.07, 6.45) is 4.55. The SMILES string of the molecule is CCOc1ccc(C(=O)NC2CCCC2)cc1COc1ccc(C)cc1. The van der Waals surface area contributed by atoms with Crippen molar-refractivity contribution in [2.24, 2.45) is 0 Å². The summed E-state index contributed by atoms with van der Waals surface area (Å²) in [6, 6.07) is 13.8. The second-order valence-corrected chi connectivity index (χ2v) is 6.81. The largest absolute Gasteiger partial charge is 0.493 e. The summed E-state index contributed by atoms with van der Waals surface area (Å²) in [4.78, 5) is 12.5. The van der Waals surface area contributed by atoms with Crippen LogP contribution in [-0.2, 0) is 6.61 Å². The van der Waals surface area contributed by atoms with Crippen molar-refractivity contribution >= 4 is 5.91 Å². The predicted octanol–water partition coefficient (Wildman–Crippen LogP) is 4.65. The Kier molecular flexibility index (Phi) is 6.16. The van der Waals surface area contributed by atoms with Crippen LogP contribution in [0.25, 0.3) is 0 Å². The molecule has 0 unspecified atom stereocenters.